The number of nitrogens with zero attached hydrogens (tertiary/aromatic N) is 3. The second-order valence-corrected chi connectivity index (χ2v) is 10.5. The molecule has 0 aromatic heterocycles. The molecule has 1 aliphatic heterocycles. The number of para-hydroxylation sites is 1. The van der Waals surface area contributed by atoms with Crippen molar-refractivity contribution in [1.82, 2.24) is 9.21 Å². The second kappa shape index (κ2) is 9.89. The van der Waals surface area contributed by atoms with Gasteiger partial charge in [-0.05, 0) is 55.6 Å². The highest BCUT2D eigenvalue weighted by Gasteiger charge is 2.35. The fraction of sp³-hybridized carbons (Fsp3) is 0.231. The molecular weight excluding hydrogens is 448 g/mol. The molecular formula is C26H28N4O3S. The van der Waals surface area contributed by atoms with E-state index in [1.165, 1.54) is 4.31 Å². The number of carbonyl (C=O) groups is 1. The lowest BCUT2D eigenvalue weighted by atomic mass is 9.90. The Balaban J connectivity index is 1.69. The first-order valence-electron chi connectivity index (χ1n) is 11.0. The first kappa shape index (κ1) is 23.8. The van der Waals surface area contributed by atoms with Crippen molar-refractivity contribution in [2.45, 2.75) is 10.8 Å². The summed E-state index contributed by atoms with van der Waals surface area (Å²) in [5.74, 6) is -0.690. The third-order valence-electron chi connectivity index (χ3n) is 5.79. The van der Waals surface area contributed by atoms with Crippen LogP contribution in [0, 0.1) is 0 Å². The summed E-state index contributed by atoms with van der Waals surface area (Å²) in [7, 11) is 1.78. The van der Waals surface area contributed by atoms with E-state index >= 15 is 0 Å². The van der Waals surface area contributed by atoms with Crippen LogP contribution in [0.4, 0.5) is 11.4 Å². The van der Waals surface area contributed by atoms with Gasteiger partial charge in [0.15, 0.2) is 0 Å². The molecule has 0 bridgehead atoms. The van der Waals surface area contributed by atoms with E-state index in [-0.39, 0.29) is 10.8 Å². The van der Waals surface area contributed by atoms with Crippen LogP contribution in [-0.2, 0) is 14.8 Å². The molecule has 7 nitrogen and oxygen atoms in total. The molecule has 3 aromatic carbocycles. The van der Waals surface area contributed by atoms with Crippen molar-refractivity contribution in [1.29, 1.82) is 0 Å². The second-order valence-electron chi connectivity index (χ2n) is 8.50. The van der Waals surface area contributed by atoms with E-state index in [0.717, 1.165) is 16.8 Å². The van der Waals surface area contributed by atoms with Gasteiger partial charge in [0.1, 0.15) is 5.92 Å². The van der Waals surface area contributed by atoms with Gasteiger partial charge in [0.25, 0.3) is 0 Å². The topological polar surface area (TPSA) is 82.1 Å². The summed E-state index contributed by atoms with van der Waals surface area (Å²) in [6, 6.07) is 23.6. The van der Waals surface area contributed by atoms with Crippen molar-refractivity contribution in [2.75, 3.05) is 39.5 Å². The van der Waals surface area contributed by atoms with E-state index in [1.807, 2.05) is 73.6 Å². The Hall–Kier alpha value is -3.33. The lowest BCUT2D eigenvalue weighted by molar-refractivity contribution is -0.115. The van der Waals surface area contributed by atoms with E-state index in [4.69, 9.17) is 4.99 Å². The first-order chi connectivity index (χ1) is 16.3. The van der Waals surface area contributed by atoms with E-state index in [1.54, 1.807) is 31.3 Å². The molecule has 0 saturated heterocycles. The molecule has 1 heterocycles. The number of amides is 1. The van der Waals surface area contributed by atoms with Gasteiger partial charge in [-0.15, -0.1) is 0 Å². The number of hydrogen-bond donors (Lipinski definition) is 1. The molecule has 34 heavy (non-hydrogen) atoms. The van der Waals surface area contributed by atoms with Gasteiger partial charge in [-0.1, -0.05) is 48.5 Å². The maximum Gasteiger partial charge on any atom is 0.242 e. The van der Waals surface area contributed by atoms with E-state index in [0.29, 0.717) is 24.5 Å². The molecule has 176 valence electrons. The highest BCUT2D eigenvalue weighted by atomic mass is 32.2. The fourth-order valence-corrected chi connectivity index (χ4v) is 5.02. The Morgan fingerprint density at radius 3 is 2.21 bits per heavy atom. The zero-order valence-electron chi connectivity index (χ0n) is 19.5. The third-order valence-corrected chi connectivity index (χ3v) is 7.66. The summed E-state index contributed by atoms with van der Waals surface area (Å²) in [6.45, 7) is 1.02. The van der Waals surface area contributed by atoms with Crippen LogP contribution in [0.2, 0.25) is 0 Å². The molecule has 1 aliphatic rings. The highest BCUT2D eigenvalue weighted by Crippen LogP contribution is 2.36. The molecule has 3 aromatic rings. The molecule has 1 unspecified atom stereocenters. The number of hydrogen-bond acceptors (Lipinski definition) is 5. The Morgan fingerprint density at radius 1 is 0.882 bits per heavy atom. The van der Waals surface area contributed by atoms with Gasteiger partial charge in [0.05, 0.1) is 16.3 Å². The summed E-state index contributed by atoms with van der Waals surface area (Å²) in [5, 5.41) is 2.94. The minimum Gasteiger partial charge on any atom is -0.325 e. The van der Waals surface area contributed by atoms with Crippen LogP contribution in [0.1, 0.15) is 17.0 Å². The molecule has 1 N–H and O–H groups in total. The summed E-state index contributed by atoms with van der Waals surface area (Å²) in [6.07, 6.45) is 0. The number of fused-ring (bicyclic) bond motifs is 1. The SMILES string of the molecule is CN(C)CCN(C)S(=O)(=O)c1ccc(N=C(c2ccccc2)C2C(=O)Nc3ccccc32)cc1. The quantitative estimate of drug-likeness (QED) is 0.503. The Labute approximate surface area is 200 Å². The predicted octanol–water partition coefficient (Wildman–Crippen LogP) is 3.73. The van der Waals surface area contributed by atoms with Crippen molar-refractivity contribution < 1.29 is 13.2 Å². The van der Waals surface area contributed by atoms with Gasteiger partial charge in [0, 0.05) is 25.8 Å². The molecule has 4 rings (SSSR count). The normalized spacial score (nSPS) is 16.1. The average Bonchev–Trinajstić information content (AvgIpc) is 3.17. The van der Waals surface area contributed by atoms with E-state index < -0.39 is 15.9 Å². The summed E-state index contributed by atoms with van der Waals surface area (Å²) >= 11 is 0. The third kappa shape index (κ3) is 4.94. The van der Waals surface area contributed by atoms with Crippen LogP contribution in [-0.4, -0.2) is 63.5 Å². The average molecular weight is 477 g/mol. The molecule has 8 heteroatoms. The zero-order chi connectivity index (χ0) is 24.3. The number of likely N-dealkylation sites (N-methyl/N-ethyl adjacent to an activating group) is 2. The molecule has 0 fully saturated rings. The van der Waals surface area contributed by atoms with Crippen LogP contribution < -0.4 is 5.32 Å². The fourth-order valence-electron chi connectivity index (χ4n) is 3.86. The van der Waals surface area contributed by atoms with Gasteiger partial charge >= 0.3 is 0 Å². The van der Waals surface area contributed by atoms with E-state index in [9.17, 15) is 13.2 Å². The van der Waals surface area contributed by atoms with Crippen molar-refractivity contribution in [2.24, 2.45) is 4.99 Å². The number of carbonyl (C=O) groups excluding carboxylic acids is 1. The van der Waals surface area contributed by atoms with Crippen LogP contribution in [0.25, 0.3) is 0 Å². The molecule has 0 radical (unpaired) electrons. The summed E-state index contributed by atoms with van der Waals surface area (Å²) < 4.78 is 27.2. The highest BCUT2D eigenvalue weighted by molar-refractivity contribution is 7.89. The van der Waals surface area contributed by atoms with Gasteiger partial charge in [-0.2, -0.15) is 4.31 Å². The van der Waals surface area contributed by atoms with Crippen LogP contribution in [0.5, 0.6) is 0 Å². The largest absolute Gasteiger partial charge is 0.325 e. The molecule has 1 atom stereocenters. The summed E-state index contributed by atoms with van der Waals surface area (Å²) in [4.78, 5) is 19.9. The van der Waals surface area contributed by atoms with Crippen LogP contribution >= 0.6 is 0 Å². The number of anilines is 1. The molecule has 1 amide bonds. The van der Waals surface area contributed by atoms with Gasteiger partial charge in [0.2, 0.25) is 15.9 Å². The summed E-state index contributed by atoms with van der Waals surface area (Å²) in [5.41, 5.74) is 3.67. The van der Waals surface area contributed by atoms with Gasteiger partial charge in [-0.3, -0.25) is 9.79 Å². The Kier molecular flexibility index (Phi) is 6.92. The first-order valence-corrected chi connectivity index (χ1v) is 12.5. The van der Waals surface area contributed by atoms with Crippen LogP contribution in [0.15, 0.2) is 88.8 Å². The number of rotatable bonds is 8. The minimum atomic E-state index is -3.60. The van der Waals surface area contributed by atoms with Crippen molar-refractivity contribution in [3.8, 4) is 0 Å². The molecule has 0 saturated carbocycles. The van der Waals surface area contributed by atoms with Gasteiger partial charge in [-0.25, -0.2) is 8.42 Å². The maximum absolute atomic E-state index is 12.9. The van der Waals surface area contributed by atoms with Crippen molar-refractivity contribution in [3.05, 3.63) is 90.0 Å². The van der Waals surface area contributed by atoms with Gasteiger partial charge < -0.3 is 10.2 Å². The van der Waals surface area contributed by atoms with Crippen molar-refractivity contribution >= 4 is 33.0 Å². The molecule has 0 spiro atoms. The maximum atomic E-state index is 12.9. The number of aliphatic imine (C=N–C) groups is 1. The Bertz CT molecular complexity index is 1300. The zero-order valence-corrected chi connectivity index (χ0v) is 20.3. The van der Waals surface area contributed by atoms with E-state index in [2.05, 4.69) is 5.32 Å². The Morgan fingerprint density at radius 2 is 1.53 bits per heavy atom. The van der Waals surface area contributed by atoms with Crippen molar-refractivity contribution in [3.63, 3.8) is 0 Å². The minimum absolute atomic E-state index is 0.134. The molecule has 0 aliphatic carbocycles. The number of nitrogens with one attached hydrogen (secondary N) is 1. The number of sulfonamides is 1. The lowest BCUT2D eigenvalue weighted by Gasteiger charge is -2.19. The van der Waals surface area contributed by atoms with Crippen LogP contribution in [0.3, 0.4) is 0 Å². The standard InChI is InChI=1S/C26H28N4O3S/c1-29(2)17-18-30(3)34(32,33)21-15-13-20(14-16-21)27-25(19-9-5-4-6-10-19)24-22-11-7-8-12-23(22)28-26(24)31/h4-16,24H,17-18H2,1-3H3,(H,28,31). The lowest BCUT2D eigenvalue weighted by Crippen LogP contribution is -2.33. The number of benzene rings is 3. The predicted molar refractivity (Wildman–Crippen MR) is 135 cm³/mol. The monoisotopic (exact) mass is 476 g/mol. The smallest absolute Gasteiger partial charge is 0.242 e.